The molecule has 0 aliphatic heterocycles. The fourth-order valence-corrected chi connectivity index (χ4v) is 1.29. The van der Waals surface area contributed by atoms with Crippen LogP contribution in [0.2, 0.25) is 5.82 Å². The fourth-order valence-electron chi connectivity index (χ4n) is 0.654. The van der Waals surface area contributed by atoms with E-state index >= 15 is 0 Å². The minimum absolute atomic E-state index is 0.482. The quantitative estimate of drug-likeness (QED) is 0.574. The molecular formula is C8H8NSe2. The molecule has 0 amide bonds. The molecular weight excluding hydrogens is 268 g/mol. The van der Waals surface area contributed by atoms with Crippen molar-refractivity contribution in [1.82, 2.24) is 0 Å². The zero-order valence-electron chi connectivity index (χ0n) is 6.15. The third kappa shape index (κ3) is 3.22. The van der Waals surface area contributed by atoms with Crippen LogP contribution in [0.4, 0.5) is 5.69 Å². The monoisotopic (exact) mass is 278 g/mol. The maximum atomic E-state index is 4.37. The Morgan fingerprint density at radius 1 is 1.36 bits per heavy atom. The molecule has 0 saturated heterocycles. The van der Waals surface area contributed by atoms with Gasteiger partial charge < -0.3 is 0 Å². The van der Waals surface area contributed by atoms with Gasteiger partial charge in [-0.3, -0.25) is 0 Å². The van der Waals surface area contributed by atoms with Crippen molar-refractivity contribution in [3.63, 3.8) is 0 Å². The van der Waals surface area contributed by atoms with E-state index in [1.54, 1.807) is 0 Å². The second-order valence-corrected chi connectivity index (χ2v) is 5.71. The second kappa shape index (κ2) is 4.74. The zero-order valence-corrected chi connectivity index (χ0v) is 9.58. The maximum absolute atomic E-state index is 4.37. The van der Waals surface area contributed by atoms with E-state index in [0.29, 0.717) is 15.0 Å². The first-order valence-electron chi connectivity index (χ1n) is 3.17. The Morgan fingerprint density at radius 2 is 2.00 bits per heavy atom. The Labute approximate surface area is 81.3 Å². The van der Waals surface area contributed by atoms with Gasteiger partial charge in [0, 0.05) is 0 Å². The van der Waals surface area contributed by atoms with E-state index in [0.717, 1.165) is 9.20 Å². The van der Waals surface area contributed by atoms with Gasteiger partial charge in [-0.1, -0.05) is 0 Å². The first-order valence-corrected chi connectivity index (χ1v) is 6.60. The summed E-state index contributed by atoms with van der Waals surface area (Å²) < 4.78 is 1.11. The topological polar surface area (TPSA) is 12.4 Å². The van der Waals surface area contributed by atoms with Crippen molar-refractivity contribution in [1.29, 1.82) is 0 Å². The van der Waals surface area contributed by atoms with Crippen LogP contribution in [0.3, 0.4) is 0 Å². The molecule has 0 saturated carbocycles. The van der Waals surface area contributed by atoms with Crippen molar-refractivity contribution < 1.29 is 0 Å². The Morgan fingerprint density at radius 3 is 2.55 bits per heavy atom. The van der Waals surface area contributed by atoms with Crippen LogP contribution < -0.4 is 0 Å². The molecule has 11 heavy (non-hydrogen) atoms. The van der Waals surface area contributed by atoms with Gasteiger partial charge in [-0.15, -0.1) is 0 Å². The van der Waals surface area contributed by atoms with Crippen molar-refractivity contribution in [2.45, 2.75) is 5.82 Å². The molecule has 1 aromatic carbocycles. The van der Waals surface area contributed by atoms with E-state index < -0.39 is 0 Å². The summed E-state index contributed by atoms with van der Waals surface area (Å²) in [6.07, 6.45) is 0. The Kier molecular flexibility index (Phi) is 3.88. The molecule has 1 radical (unpaired) electrons. The average molecular weight is 276 g/mol. The van der Waals surface area contributed by atoms with E-state index in [-0.39, 0.29) is 0 Å². The summed E-state index contributed by atoms with van der Waals surface area (Å²) in [6, 6.07) is 9.99. The molecule has 0 N–H and O–H groups in total. The predicted octanol–water partition coefficient (Wildman–Crippen LogP) is 1.59. The van der Waals surface area contributed by atoms with Crippen LogP contribution in [-0.2, 0) is 0 Å². The predicted molar refractivity (Wildman–Crippen MR) is 50.9 cm³/mol. The van der Waals surface area contributed by atoms with Crippen LogP contribution >= 0.6 is 0 Å². The standard InChI is InChI=1S/C8H8NSe2/c1-11-8(10)9-7-5-3-2-4-6-7/h2-6H,1H3. The molecule has 0 aliphatic carbocycles. The third-order valence-corrected chi connectivity index (χ3v) is 4.08. The van der Waals surface area contributed by atoms with Crippen LogP contribution in [0.15, 0.2) is 35.3 Å². The molecule has 1 nitrogen and oxygen atoms in total. The summed E-state index contributed by atoms with van der Waals surface area (Å²) in [4.78, 5) is 4.37. The normalized spacial score (nSPS) is 11.5. The van der Waals surface area contributed by atoms with Gasteiger partial charge in [0.1, 0.15) is 0 Å². The molecule has 0 heterocycles. The number of benzene rings is 1. The van der Waals surface area contributed by atoms with E-state index in [1.165, 1.54) is 0 Å². The van der Waals surface area contributed by atoms with Gasteiger partial charge in [0.25, 0.3) is 0 Å². The minimum atomic E-state index is 0.482. The van der Waals surface area contributed by atoms with Crippen molar-refractivity contribution in [2.75, 3.05) is 0 Å². The Balaban J connectivity index is 2.79. The summed E-state index contributed by atoms with van der Waals surface area (Å²) in [6.45, 7) is 0. The van der Waals surface area contributed by atoms with Crippen molar-refractivity contribution in [3.8, 4) is 0 Å². The first-order chi connectivity index (χ1) is 5.33. The van der Waals surface area contributed by atoms with Gasteiger partial charge in [0.15, 0.2) is 0 Å². The number of nitrogens with zero attached hydrogens (tertiary/aromatic N) is 1. The summed E-state index contributed by atoms with van der Waals surface area (Å²) in [5.74, 6) is 2.14. The first kappa shape index (κ1) is 9.02. The van der Waals surface area contributed by atoms with E-state index in [9.17, 15) is 0 Å². The zero-order chi connectivity index (χ0) is 8.10. The molecule has 0 unspecified atom stereocenters. The molecule has 0 spiro atoms. The molecule has 1 rings (SSSR count). The molecule has 0 aliphatic rings. The van der Waals surface area contributed by atoms with E-state index in [4.69, 9.17) is 0 Å². The van der Waals surface area contributed by atoms with Crippen LogP contribution in [0.5, 0.6) is 0 Å². The SMILES string of the molecule is C[Se]C([Se])=Nc1ccccc1. The van der Waals surface area contributed by atoms with Gasteiger partial charge in [-0.25, -0.2) is 0 Å². The fraction of sp³-hybridized carbons (Fsp3) is 0.125. The average Bonchev–Trinajstić information content (AvgIpc) is 2.06. The van der Waals surface area contributed by atoms with Crippen LogP contribution in [0.1, 0.15) is 0 Å². The van der Waals surface area contributed by atoms with Crippen molar-refractivity contribution >= 4 is 40.2 Å². The van der Waals surface area contributed by atoms with E-state index in [2.05, 4.69) is 26.8 Å². The molecule has 0 bridgehead atoms. The van der Waals surface area contributed by atoms with Crippen molar-refractivity contribution in [3.05, 3.63) is 30.3 Å². The molecule has 0 atom stereocenters. The third-order valence-electron chi connectivity index (χ3n) is 1.15. The van der Waals surface area contributed by atoms with Gasteiger partial charge >= 0.3 is 81.3 Å². The number of aliphatic imine (C=N–C) groups is 1. The van der Waals surface area contributed by atoms with Gasteiger partial charge in [-0.2, -0.15) is 0 Å². The number of rotatable bonds is 2. The number of hydrogen-bond donors (Lipinski definition) is 0. The van der Waals surface area contributed by atoms with Crippen LogP contribution in [-0.4, -0.2) is 34.5 Å². The Bertz CT molecular complexity index is 244. The van der Waals surface area contributed by atoms with Gasteiger partial charge in [0.05, 0.1) is 0 Å². The number of hydrogen-bond acceptors (Lipinski definition) is 1. The second-order valence-electron chi connectivity index (χ2n) is 1.92. The summed E-state index contributed by atoms with van der Waals surface area (Å²) in [5, 5.41) is 0. The van der Waals surface area contributed by atoms with Gasteiger partial charge in [-0.05, 0) is 0 Å². The molecule has 0 aromatic heterocycles. The summed E-state index contributed by atoms with van der Waals surface area (Å²) >= 11 is 3.43. The van der Waals surface area contributed by atoms with E-state index in [1.807, 2.05) is 30.3 Å². The molecule has 0 fully saturated rings. The summed E-state index contributed by atoms with van der Waals surface area (Å²) in [5.41, 5.74) is 1.03. The van der Waals surface area contributed by atoms with Crippen LogP contribution in [0.25, 0.3) is 0 Å². The summed E-state index contributed by atoms with van der Waals surface area (Å²) in [7, 11) is 0. The molecule has 57 valence electrons. The Hall–Kier alpha value is -0.0710. The van der Waals surface area contributed by atoms with Gasteiger partial charge in [0.2, 0.25) is 0 Å². The number of para-hydroxylation sites is 1. The van der Waals surface area contributed by atoms with Crippen molar-refractivity contribution in [2.24, 2.45) is 4.99 Å². The molecule has 1 aromatic rings. The molecule has 3 heteroatoms. The van der Waals surface area contributed by atoms with Crippen LogP contribution in [0, 0.1) is 0 Å².